The van der Waals surface area contributed by atoms with Crippen molar-refractivity contribution >= 4 is 39.1 Å². The average Bonchev–Trinajstić information content (AvgIpc) is 2.91. The highest BCUT2D eigenvalue weighted by atomic mass is 35.5. The summed E-state index contributed by atoms with van der Waals surface area (Å²) >= 11 is 6.02. The van der Waals surface area contributed by atoms with Gasteiger partial charge in [-0.2, -0.15) is 0 Å². The van der Waals surface area contributed by atoms with Crippen LogP contribution in [-0.4, -0.2) is 20.9 Å². The Morgan fingerprint density at radius 3 is 2.77 bits per heavy atom. The topological polar surface area (TPSA) is 72.5 Å². The smallest absolute Gasteiger partial charge is 0.259 e. The summed E-state index contributed by atoms with van der Waals surface area (Å²) in [4.78, 5) is 12.8. The van der Waals surface area contributed by atoms with Gasteiger partial charge in [-0.15, -0.1) is 0 Å². The maximum absolute atomic E-state index is 12.7. The predicted octanol–water partition coefficient (Wildman–Crippen LogP) is 4.53. The fourth-order valence-electron chi connectivity index (χ4n) is 2.56. The first-order valence-electron chi connectivity index (χ1n) is 8.21. The third-order valence-electron chi connectivity index (χ3n) is 3.95. The lowest BCUT2D eigenvalue weighted by Crippen LogP contribution is -2.14. The zero-order valence-electron chi connectivity index (χ0n) is 14.2. The van der Waals surface area contributed by atoms with Crippen LogP contribution in [0.25, 0.3) is 6.08 Å². The Hall–Kier alpha value is -2.31. The molecule has 2 aromatic carbocycles. The van der Waals surface area contributed by atoms with Gasteiger partial charge in [-0.25, -0.2) is 8.42 Å². The summed E-state index contributed by atoms with van der Waals surface area (Å²) < 4.78 is 29.6. The van der Waals surface area contributed by atoms with Crippen molar-refractivity contribution in [3.8, 4) is 5.75 Å². The Bertz CT molecular complexity index is 983. The Labute approximate surface area is 157 Å². The third-order valence-corrected chi connectivity index (χ3v) is 5.64. The molecule has 5 nitrogen and oxygen atoms in total. The van der Waals surface area contributed by atoms with Crippen molar-refractivity contribution in [2.24, 2.45) is 0 Å². The molecule has 0 saturated carbocycles. The van der Waals surface area contributed by atoms with Crippen LogP contribution < -0.4 is 10.1 Å². The number of rotatable bonds is 6. The van der Waals surface area contributed by atoms with Crippen LogP contribution in [0.1, 0.15) is 35.7 Å². The summed E-state index contributed by atoms with van der Waals surface area (Å²) in [5.74, 6) is 0.0260. The summed E-state index contributed by atoms with van der Waals surface area (Å²) in [5.41, 5.74) is 1.30. The van der Waals surface area contributed by atoms with E-state index >= 15 is 0 Å². The Morgan fingerprint density at radius 1 is 1.19 bits per heavy atom. The maximum Gasteiger partial charge on any atom is 0.259 e. The molecule has 3 rings (SSSR count). The number of hydrogen-bond acceptors (Lipinski definition) is 4. The number of carbonyl (C=O) groups is 1. The van der Waals surface area contributed by atoms with Crippen LogP contribution in [0, 0.1) is 0 Å². The minimum Gasteiger partial charge on any atom is -0.493 e. The molecule has 0 atom stereocenters. The van der Waals surface area contributed by atoms with Crippen LogP contribution in [0.2, 0.25) is 5.02 Å². The van der Waals surface area contributed by atoms with Crippen molar-refractivity contribution in [2.45, 2.75) is 24.7 Å². The summed E-state index contributed by atoms with van der Waals surface area (Å²) in [7, 11) is -3.44. The number of nitrogens with one attached hydrogen (secondary N) is 1. The van der Waals surface area contributed by atoms with Crippen LogP contribution in [0.3, 0.4) is 0 Å². The van der Waals surface area contributed by atoms with Crippen molar-refractivity contribution in [3.63, 3.8) is 0 Å². The number of halogens is 1. The molecular formula is C19H18ClNO4S. The number of sulfone groups is 1. The molecule has 1 aliphatic heterocycles. The zero-order chi connectivity index (χ0) is 18.7. The first-order chi connectivity index (χ1) is 12.4. The van der Waals surface area contributed by atoms with Gasteiger partial charge in [0.1, 0.15) is 5.75 Å². The van der Waals surface area contributed by atoms with Gasteiger partial charge < -0.3 is 10.1 Å². The van der Waals surface area contributed by atoms with E-state index in [4.69, 9.17) is 16.3 Å². The van der Waals surface area contributed by atoms with Crippen molar-refractivity contribution in [2.75, 3.05) is 11.9 Å². The Kier molecular flexibility index (Phi) is 5.34. The SMILES string of the molecule is CCCCOc1ccc(Cl)cc1C(=O)Nc1ccc2c(c1)S(=O)(=O)C=C2. The maximum atomic E-state index is 12.7. The van der Waals surface area contributed by atoms with E-state index < -0.39 is 15.7 Å². The van der Waals surface area contributed by atoms with Crippen LogP contribution in [0.15, 0.2) is 46.7 Å². The molecule has 0 unspecified atom stereocenters. The summed E-state index contributed by atoms with van der Waals surface area (Å²) in [5, 5.41) is 4.28. The summed E-state index contributed by atoms with van der Waals surface area (Å²) in [6, 6.07) is 9.61. The van der Waals surface area contributed by atoms with Crippen molar-refractivity contribution < 1.29 is 17.9 Å². The lowest BCUT2D eigenvalue weighted by atomic mass is 10.1. The largest absolute Gasteiger partial charge is 0.493 e. The fraction of sp³-hybridized carbons (Fsp3) is 0.211. The Morgan fingerprint density at radius 2 is 2.00 bits per heavy atom. The molecule has 0 fully saturated rings. The standard InChI is InChI=1S/C19H18ClNO4S/c1-2-3-9-25-17-7-5-14(20)11-16(17)19(22)21-15-6-4-13-8-10-26(23,24)18(13)12-15/h4-8,10-12H,2-3,9H2,1H3,(H,21,22). The van der Waals surface area contributed by atoms with Crippen LogP contribution in [0.4, 0.5) is 5.69 Å². The van der Waals surface area contributed by atoms with Gasteiger partial charge in [-0.1, -0.05) is 31.0 Å². The van der Waals surface area contributed by atoms with Crippen LogP contribution in [0.5, 0.6) is 5.75 Å². The number of unbranched alkanes of at least 4 members (excludes halogenated alkanes) is 1. The molecule has 0 aromatic heterocycles. The lowest BCUT2D eigenvalue weighted by Gasteiger charge is -2.12. The molecule has 1 aliphatic rings. The third kappa shape index (κ3) is 3.92. The van der Waals surface area contributed by atoms with E-state index in [9.17, 15) is 13.2 Å². The van der Waals surface area contributed by atoms with Crippen molar-refractivity contribution in [1.29, 1.82) is 0 Å². The summed E-state index contributed by atoms with van der Waals surface area (Å²) in [6.07, 6.45) is 3.39. The normalized spacial score (nSPS) is 14.1. The van der Waals surface area contributed by atoms with E-state index in [0.717, 1.165) is 18.2 Å². The molecular weight excluding hydrogens is 374 g/mol. The second kappa shape index (κ2) is 7.51. The quantitative estimate of drug-likeness (QED) is 0.734. The van der Waals surface area contributed by atoms with Crippen molar-refractivity contribution in [1.82, 2.24) is 0 Å². The van der Waals surface area contributed by atoms with Crippen LogP contribution in [-0.2, 0) is 9.84 Å². The van der Waals surface area contributed by atoms with Gasteiger partial charge in [0.15, 0.2) is 0 Å². The summed E-state index contributed by atoms with van der Waals surface area (Å²) in [6.45, 7) is 2.55. The number of carbonyl (C=O) groups excluding carboxylic acids is 1. The number of amides is 1. The highest BCUT2D eigenvalue weighted by molar-refractivity contribution is 7.94. The van der Waals surface area contributed by atoms with Gasteiger partial charge in [0.2, 0.25) is 9.84 Å². The molecule has 0 saturated heterocycles. The minimum absolute atomic E-state index is 0.181. The first kappa shape index (κ1) is 18.5. The van der Waals surface area contributed by atoms with Crippen LogP contribution >= 0.6 is 11.6 Å². The van der Waals surface area contributed by atoms with E-state index in [1.807, 2.05) is 0 Å². The number of ether oxygens (including phenoxy) is 1. The van der Waals surface area contributed by atoms with Crippen molar-refractivity contribution in [3.05, 3.63) is 58.0 Å². The van der Waals surface area contributed by atoms with Gasteiger partial charge in [-0.3, -0.25) is 4.79 Å². The second-order valence-corrected chi connectivity index (χ2v) is 8.14. The van der Waals surface area contributed by atoms with Gasteiger partial charge in [0.05, 0.1) is 17.1 Å². The van der Waals surface area contributed by atoms with Gasteiger partial charge in [0.25, 0.3) is 5.91 Å². The molecule has 7 heteroatoms. The monoisotopic (exact) mass is 391 g/mol. The predicted molar refractivity (Wildman–Crippen MR) is 102 cm³/mol. The highest BCUT2D eigenvalue weighted by Crippen LogP contribution is 2.30. The molecule has 0 spiro atoms. The molecule has 0 bridgehead atoms. The second-order valence-electron chi connectivity index (χ2n) is 5.90. The van der Waals surface area contributed by atoms with E-state index in [-0.39, 0.29) is 4.90 Å². The van der Waals surface area contributed by atoms with Gasteiger partial charge >= 0.3 is 0 Å². The number of anilines is 1. The van der Waals surface area contributed by atoms with Gasteiger partial charge in [0, 0.05) is 16.1 Å². The van der Waals surface area contributed by atoms with Gasteiger partial charge in [-0.05, 0) is 48.4 Å². The average molecular weight is 392 g/mol. The molecule has 1 amide bonds. The molecule has 136 valence electrons. The number of benzene rings is 2. The molecule has 2 aromatic rings. The molecule has 1 heterocycles. The minimum atomic E-state index is -3.44. The van der Waals surface area contributed by atoms with E-state index in [1.165, 1.54) is 18.2 Å². The Balaban J connectivity index is 1.84. The van der Waals surface area contributed by atoms with E-state index in [0.29, 0.717) is 34.2 Å². The number of fused-ring (bicyclic) bond motifs is 1. The van der Waals surface area contributed by atoms with E-state index in [1.54, 1.807) is 24.3 Å². The molecule has 0 aliphatic carbocycles. The fourth-order valence-corrected chi connectivity index (χ4v) is 3.96. The first-order valence-corrected chi connectivity index (χ1v) is 10.1. The van der Waals surface area contributed by atoms with E-state index in [2.05, 4.69) is 12.2 Å². The zero-order valence-corrected chi connectivity index (χ0v) is 15.7. The number of hydrogen-bond donors (Lipinski definition) is 1. The highest BCUT2D eigenvalue weighted by Gasteiger charge is 2.22. The molecule has 0 radical (unpaired) electrons. The molecule has 1 N–H and O–H groups in total. The molecule has 26 heavy (non-hydrogen) atoms. The lowest BCUT2D eigenvalue weighted by molar-refractivity contribution is 0.102.